The van der Waals surface area contributed by atoms with Crippen molar-refractivity contribution < 1.29 is 14.3 Å². The second-order valence-electron chi connectivity index (χ2n) is 7.16. The van der Waals surface area contributed by atoms with Gasteiger partial charge in [0.15, 0.2) is 11.5 Å². The van der Waals surface area contributed by atoms with Gasteiger partial charge in [-0.2, -0.15) is 5.10 Å². The quantitative estimate of drug-likeness (QED) is 0.280. The first-order valence-corrected chi connectivity index (χ1v) is 10.6. The second-order valence-corrected chi connectivity index (χ2v) is 7.60. The van der Waals surface area contributed by atoms with Crippen LogP contribution in [0.15, 0.2) is 96.4 Å². The molecule has 0 fully saturated rings. The maximum absolute atomic E-state index is 12.4. The van der Waals surface area contributed by atoms with E-state index in [2.05, 4.69) is 10.5 Å². The fraction of sp³-hybridized carbons (Fsp3) is 0.0769. The molecule has 33 heavy (non-hydrogen) atoms. The largest absolute Gasteiger partial charge is 0.493 e. The molecule has 4 aromatic rings. The number of amides is 1. The highest BCUT2D eigenvalue weighted by molar-refractivity contribution is 6.30. The molecule has 1 N–H and O–H groups in total. The summed E-state index contributed by atoms with van der Waals surface area (Å²) in [7, 11) is 1.57. The molecule has 3 aromatic carbocycles. The zero-order valence-corrected chi connectivity index (χ0v) is 18.7. The molecule has 0 unspecified atom stereocenters. The van der Waals surface area contributed by atoms with Crippen molar-refractivity contribution >= 4 is 23.7 Å². The SMILES string of the molecule is COc1cc(/C=N/NC(=O)c2ccc(-n3cccc3)cc2)ccc1OCc1ccc(Cl)cc1. The zero-order chi connectivity index (χ0) is 23.0. The van der Waals surface area contributed by atoms with Gasteiger partial charge < -0.3 is 14.0 Å². The van der Waals surface area contributed by atoms with E-state index in [4.69, 9.17) is 21.1 Å². The Morgan fingerprint density at radius 3 is 2.42 bits per heavy atom. The molecule has 0 saturated carbocycles. The van der Waals surface area contributed by atoms with Gasteiger partial charge in [0.2, 0.25) is 0 Å². The molecule has 6 nitrogen and oxygen atoms in total. The summed E-state index contributed by atoms with van der Waals surface area (Å²) in [5, 5.41) is 4.74. The number of hydrogen-bond acceptors (Lipinski definition) is 4. The van der Waals surface area contributed by atoms with Crippen LogP contribution in [-0.4, -0.2) is 23.8 Å². The third-order valence-electron chi connectivity index (χ3n) is 4.91. The van der Waals surface area contributed by atoms with E-state index in [1.807, 2.05) is 71.6 Å². The summed E-state index contributed by atoms with van der Waals surface area (Å²) in [4.78, 5) is 12.4. The van der Waals surface area contributed by atoms with Gasteiger partial charge in [-0.25, -0.2) is 5.43 Å². The van der Waals surface area contributed by atoms with E-state index in [9.17, 15) is 4.79 Å². The molecular formula is C26H22ClN3O3. The van der Waals surface area contributed by atoms with E-state index in [1.165, 1.54) is 0 Å². The van der Waals surface area contributed by atoms with Crippen molar-refractivity contribution in [2.75, 3.05) is 7.11 Å². The molecule has 0 saturated heterocycles. The Balaban J connectivity index is 1.35. The molecule has 4 rings (SSSR count). The standard InChI is InChI=1S/C26H22ClN3O3/c1-32-25-16-20(6-13-24(25)33-18-19-4-9-22(27)10-5-19)17-28-29-26(31)21-7-11-23(12-8-21)30-14-2-3-15-30/h2-17H,18H2,1H3,(H,29,31)/b28-17+. The lowest BCUT2D eigenvalue weighted by Gasteiger charge is -2.11. The van der Waals surface area contributed by atoms with Crippen LogP contribution in [0.2, 0.25) is 5.02 Å². The Morgan fingerprint density at radius 1 is 1.00 bits per heavy atom. The third kappa shape index (κ3) is 5.81. The molecule has 7 heteroatoms. The summed E-state index contributed by atoms with van der Waals surface area (Å²) in [6.45, 7) is 0.389. The van der Waals surface area contributed by atoms with Crippen LogP contribution in [0.5, 0.6) is 11.5 Å². The van der Waals surface area contributed by atoms with Crippen LogP contribution >= 0.6 is 11.6 Å². The smallest absolute Gasteiger partial charge is 0.271 e. The molecule has 0 spiro atoms. The number of carbonyl (C=O) groups excluding carboxylic acids is 1. The predicted octanol–water partition coefficient (Wildman–Crippen LogP) is 5.48. The highest BCUT2D eigenvalue weighted by atomic mass is 35.5. The van der Waals surface area contributed by atoms with E-state index in [1.54, 1.807) is 37.6 Å². The summed E-state index contributed by atoms with van der Waals surface area (Å²) in [6.07, 6.45) is 5.45. The average Bonchev–Trinajstić information content (AvgIpc) is 3.39. The van der Waals surface area contributed by atoms with Crippen LogP contribution < -0.4 is 14.9 Å². The van der Waals surface area contributed by atoms with Gasteiger partial charge in [-0.1, -0.05) is 23.7 Å². The van der Waals surface area contributed by atoms with Crippen molar-refractivity contribution in [1.82, 2.24) is 9.99 Å². The second kappa shape index (κ2) is 10.5. The van der Waals surface area contributed by atoms with Crippen molar-refractivity contribution in [2.45, 2.75) is 6.61 Å². The fourth-order valence-corrected chi connectivity index (χ4v) is 3.27. The number of rotatable bonds is 8. The fourth-order valence-electron chi connectivity index (χ4n) is 3.15. The molecule has 0 bridgehead atoms. The van der Waals surface area contributed by atoms with Crippen LogP contribution in [-0.2, 0) is 6.61 Å². The van der Waals surface area contributed by atoms with Gasteiger partial charge in [-0.15, -0.1) is 0 Å². The number of ether oxygens (including phenoxy) is 2. The van der Waals surface area contributed by atoms with Crippen molar-refractivity contribution in [3.05, 3.63) is 113 Å². The number of hydrogen-bond donors (Lipinski definition) is 1. The molecule has 0 aliphatic rings. The summed E-state index contributed by atoms with van der Waals surface area (Å²) < 4.78 is 13.3. The first-order chi connectivity index (χ1) is 16.1. The van der Waals surface area contributed by atoms with Crippen LogP contribution in [0.3, 0.4) is 0 Å². The van der Waals surface area contributed by atoms with Crippen LogP contribution in [0, 0.1) is 0 Å². The molecule has 0 aliphatic heterocycles. The molecule has 1 amide bonds. The monoisotopic (exact) mass is 459 g/mol. The van der Waals surface area contributed by atoms with E-state index in [0.29, 0.717) is 28.7 Å². The Labute approximate surface area is 197 Å². The molecule has 0 atom stereocenters. The minimum absolute atomic E-state index is 0.291. The first-order valence-electron chi connectivity index (χ1n) is 10.2. The van der Waals surface area contributed by atoms with Crippen LogP contribution in [0.25, 0.3) is 5.69 Å². The number of methoxy groups -OCH3 is 1. The molecule has 166 valence electrons. The van der Waals surface area contributed by atoms with Crippen molar-refractivity contribution in [3.63, 3.8) is 0 Å². The normalized spacial score (nSPS) is 10.8. The van der Waals surface area contributed by atoms with Gasteiger partial charge in [0.1, 0.15) is 6.61 Å². The summed E-state index contributed by atoms with van der Waals surface area (Å²) in [5.41, 5.74) is 5.80. The van der Waals surface area contributed by atoms with Crippen molar-refractivity contribution in [1.29, 1.82) is 0 Å². The van der Waals surface area contributed by atoms with Gasteiger partial charge >= 0.3 is 0 Å². The van der Waals surface area contributed by atoms with Gasteiger partial charge in [-0.05, 0) is 77.9 Å². The molecular weight excluding hydrogens is 438 g/mol. The average molecular weight is 460 g/mol. The van der Waals surface area contributed by atoms with E-state index in [-0.39, 0.29) is 5.91 Å². The highest BCUT2D eigenvalue weighted by Crippen LogP contribution is 2.28. The van der Waals surface area contributed by atoms with Crippen LogP contribution in [0.4, 0.5) is 0 Å². The molecule has 1 aromatic heterocycles. The Kier molecular flexibility index (Phi) is 7.07. The van der Waals surface area contributed by atoms with Gasteiger partial charge in [-0.3, -0.25) is 4.79 Å². The number of benzene rings is 3. The molecule has 0 radical (unpaired) electrons. The van der Waals surface area contributed by atoms with Crippen molar-refractivity contribution in [3.8, 4) is 17.2 Å². The lowest BCUT2D eigenvalue weighted by atomic mass is 10.2. The van der Waals surface area contributed by atoms with Crippen molar-refractivity contribution in [2.24, 2.45) is 5.10 Å². The van der Waals surface area contributed by atoms with Gasteiger partial charge in [0.25, 0.3) is 5.91 Å². The number of nitrogens with zero attached hydrogens (tertiary/aromatic N) is 2. The molecule has 1 heterocycles. The Morgan fingerprint density at radius 2 is 1.73 bits per heavy atom. The lowest BCUT2D eigenvalue weighted by Crippen LogP contribution is -2.17. The number of carbonyl (C=O) groups is 1. The number of hydrazone groups is 1. The lowest BCUT2D eigenvalue weighted by molar-refractivity contribution is 0.0955. The summed E-state index contributed by atoms with van der Waals surface area (Å²) >= 11 is 5.92. The Hall–Kier alpha value is -4.03. The molecule has 0 aliphatic carbocycles. The Bertz CT molecular complexity index is 1240. The van der Waals surface area contributed by atoms with E-state index < -0.39 is 0 Å². The first kappa shape index (κ1) is 22.2. The number of halogens is 1. The maximum Gasteiger partial charge on any atom is 0.271 e. The summed E-state index contributed by atoms with van der Waals surface area (Å²) in [5.74, 6) is 0.886. The minimum atomic E-state index is -0.291. The van der Waals surface area contributed by atoms with E-state index in [0.717, 1.165) is 16.8 Å². The minimum Gasteiger partial charge on any atom is -0.493 e. The summed E-state index contributed by atoms with van der Waals surface area (Å²) in [6, 6.07) is 24.1. The van der Waals surface area contributed by atoms with Gasteiger partial charge in [0, 0.05) is 28.7 Å². The third-order valence-corrected chi connectivity index (χ3v) is 5.16. The topological polar surface area (TPSA) is 64.8 Å². The van der Waals surface area contributed by atoms with Crippen LogP contribution in [0.1, 0.15) is 21.5 Å². The predicted molar refractivity (Wildman–Crippen MR) is 130 cm³/mol. The zero-order valence-electron chi connectivity index (χ0n) is 17.9. The maximum atomic E-state index is 12.4. The number of aromatic nitrogens is 1. The van der Waals surface area contributed by atoms with E-state index >= 15 is 0 Å². The van der Waals surface area contributed by atoms with Gasteiger partial charge in [0.05, 0.1) is 13.3 Å². The number of nitrogens with one attached hydrogen (secondary N) is 1. The highest BCUT2D eigenvalue weighted by Gasteiger charge is 2.07.